The van der Waals surface area contributed by atoms with Gasteiger partial charge in [0.2, 0.25) is 0 Å². The van der Waals surface area contributed by atoms with Crippen LogP contribution in [0.5, 0.6) is 0 Å². The summed E-state index contributed by atoms with van der Waals surface area (Å²) in [5, 5.41) is 4.54. The molecule has 1 fully saturated rings. The average Bonchev–Trinajstić information content (AvgIpc) is 3.19. The predicted octanol–water partition coefficient (Wildman–Crippen LogP) is 0.830. The van der Waals surface area contributed by atoms with E-state index in [1.807, 2.05) is 13.8 Å². The molecule has 4 rings (SSSR count). The summed E-state index contributed by atoms with van der Waals surface area (Å²) >= 11 is 0. The van der Waals surface area contributed by atoms with E-state index in [4.69, 9.17) is 0 Å². The van der Waals surface area contributed by atoms with E-state index in [1.165, 1.54) is 8.99 Å². The van der Waals surface area contributed by atoms with Gasteiger partial charge in [-0.3, -0.25) is 4.79 Å². The molecule has 0 aromatic carbocycles. The van der Waals surface area contributed by atoms with Gasteiger partial charge in [0.15, 0.2) is 5.03 Å². The van der Waals surface area contributed by atoms with Crippen molar-refractivity contribution >= 4 is 10.0 Å². The van der Waals surface area contributed by atoms with Crippen molar-refractivity contribution in [3.05, 3.63) is 40.2 Å². The third-order valence-electron chi connectivity index (χ3n) is 5.16. The molecule has 0 amide bonds. The highest BCUT2D eigenvalue weighted by Gasteiger charge is 2.38. The summed E-state index contributed by atoms with van der Waals surface area (Å²) in [4.78, 5) is 16.2. The minimum absolute atomic E-state index is 0.0810. The van der Waals surface area contributed by atoms with Gasteiger partial charge < -0.3 is 4.57 Å². The predicted molar refractivity (Wildman–Crippen MR) is 95.4 cm³/mol. The van der Waals surface area contributed by atoms with Gasteiger partial charge in [-0.1, -0.05) is 0 Å². The molecule has 9 heteroatoms. The summed E-state index contributed by atoms with van der Waals surface area (Å²) in [5.74, 6) is 0.0987. The van der Waals surface area contributed by atoms with Gasteiger partial charge in [-0.2, -0.15) is 9.40 Å². The Morgan fingerprint density at radius 3 is 2.73 bits per heavy atom. The van der Waals surface area contributed by atoms with Crippen LogP contribution in [0.1, 0.15) is 37.6 Å². The average molecular weight is 377 g/mol. The lowest BCUT2D eigenvalue weighted by atomic mass is 10.0. The Balaban J connectivity index is 1.43. The van der Waals surface area contributed by atoms with Crippen LogP contribution in [0.2, 0.25) is 0 Å². The van der Waals surface area contributed by atoms with Gasteiger partial charge in [0.25, 0.3) is 15.6 Å². The molecule has 2 aliphatic rings. The highest BCUT2D eigenvalue weighted by Crippen LogP contribution is 2.26. The molecule has 140 valence electrons. The number of nitrogens with zero attached hydrogens (tertiary/aromatic N) is 5. The van der Waals surface area contributed by atoms with Crippen LogP contribution in [0.25, 0.3) is 0 Å². The Labute approximate surface area is 152 Å². The fourth-order valence-electron chi connectivity index (χ4n) is 3.51. The molecule has 3 heterocycles. The van der Waals surface area contributed by atoms with Crippen LogP contribution in [0, 0.1) is 5.92 Å². The number of hydrogen-bond acceptors (Lipinski definition) is 5. The summed E-state index contributed by atoms with van der Waals surface area (Å²) < 4.78 is 30.0. The lowest BCUT2D eigenvalue weighted by Gasteiger charge is -2.37. The first-order chi connectivity index (χ1) is 12.3. The third-order valence-corrected chi connectivity index (χ3v) is 6.87. The highest BCUT2D eigenvalue weighted by atomic mass is 32.2. The van der Waals surface area contributed by atoms with Crippen molar-refractivity contribution in [1.29, 1.82) is 0 Å². The van der Waals surface area contributed by atoms with E-state index in [2.05, 4.69) is 10.1 Å². The van der Waals surface area contributed by atoms with E-state index in [1.54, 1.807) is 23.2 Å². The zero-order chi connectivity index (χ0) is 18.5. The van der Waals surface area contributed by atoms with E-state index in [0.717, 1.165) is 30.5 Å². The zero-order valence-corrected chi connectivity index (χ0v) is 15.8. The molecule has 0 atom stereocenters. The van der Waals surface area contributed by atoms with E-state index >= 15 is 0 Å². The molecule has 1 aliphatic heterocycles. The lowest BCUT2D eigenvalue weighted by Crippen LogP contribution is -2.52. The van der Waals surface area contributed by atoms with Crippen molar-refractivity contribution < 1.29 is 8.42 Å². The summed E-state index contributed by atoms with van der Waals surface area (Å²) in [7, 11) is -3.57. The Bertz CT molecular complexity index is 986. The van der Waals surface area contributed by atoms with Crippen molar-refractivity contribution in [2.75, 3.05) is 13.1 Å². The maximum absolute atomic E-state index is 12.6. The molecule has 8 nitrogen and oxygen atoms in total. The van der Waals surface area contributed by atoms with Gasteiger partial charge in [0.1, 0.15) is 0 Å². The zero-order valence-electron chi connectivity index (χ0n) is 15.0. The van der Waals surface area contributed by atoms with Crippen molar-refractivity contribution in [3.63, 3.8) is 0 Å². The lowest BCUT2D eigenvalue weighted by molar-refractivity contribution is 0.172. The third kappa shape index (κ3) is 2.99. The topological polar surface area (TPSA) is 90.1 Å². The number of hydrogen-bond donors (Lipinski definition) is 0. The van der Waals surface area contributed by atoms with E-state index in [9.17, 15) is 13.2 Å². The van der Waals surface area contributed by atoms with Gasteiger partial charge in [-0.25, -0.2) is 18.1 Å². The molecular formula is C17H23N5O3S. The first kappa shape index (κ1) is 17.4. The SMILES string of the molecule is CC(C)n1cnc(S(=O)(=O)N2CC(Cn3nc4c(cc3=O)CCC4)C2)c1. The van der Waals surface area contributed by atoms with Crippen molar-refractivity contribution in [1.82, 2.24) is 23.6 Å². The maximum Gasteiger partial charge on any atom is 0.267 e. The van der Waals surface area contributed by atoms with Gasteiger partial charge in [-0.15, -0.1) is 0 Å². The van der Waals surface area contributed by atoms with Crippen LogP contribution < -0.4 is 5.56 Å². The fraction of sp³-hybridized carbons (Fsp3) is 0.588. The molecule has 0 bridgehead atoms. The standard InChI is InChI=1S/C17H23N5O3S/c1-12(2)20-10-16(18-11-20)26(24,25)21-7-13(8-21)9-22-17(23)6-14-4-3-5-15(14)19-22/h6,10-13H,3-5,7-9H2,1-2H3. The van der Waals surface area contributed by atoms with Crippen LogP contribution in [-0.2, 0) is 29.4 Å². The van der Waals surface area contributed by atoms with Gasteiger partial charge >= 0.3 is 0 Å². The van der Waals surface area contributed by atoms with Crippen molar-refractivity contribution in [3.8, 4) is 0 Å². The van der Waals surface area contributed by atoms with E-state index in [-0.39, 0.29) is 22.5 Å². The van der Waals surface area contributed by atoms with Crippen LogP contribution in [0.4, 0.5) is 0 Å². The van der Waals surface area contributed by atoms with E-state index in [0.29, 0.717) is 19.6 Å². The summed E-state index contributed by atoms with van der Waals surface area (Å²) in [5.41, 5.74) is 1.97. The highest BCUT2D eigenvalue weighted by molar-refractivity contribution is 7.89. The number of sulfonamides is 1. The van der Waals surface area contributed by atoms with Crippen LogP contribution >= 0.6 is 0 Å². The number of aryl methyl sites for hydroxylation is 2. The Hall–Kier alpha value is -2.00. The van der Waals surface area contributed by atoms with Gasteiger partial charge in [0.05, 0.1) is 18.6 Å². The quantitative estimate of drug-likeness (QED) is 0.770. The minimum atomic E-state index is -3.57. The van der Waals surface area contributed by atoms with Crippen LogP contribution in [0.3, 0.4) is 0 Å². The monoisotopic (exact) mass is 377 g/mol. The Morgan fingerprint density at radius 1 is 1.27 bits per heavy atom. The van der Waals surface area contributed by atoms with Crippen molar-refractivity contribution in [2.24, 2.45) is 5.92 Å². The number of fused-ring (bicyclic) bond motifs is 1. The fourth-order valence-corrected chi connectivity index (χ4v) is 5.03. The molecule has 0 unspecified atom stereocenters. The molecule has 1 saturated heterocycles. The second-order valence-electron chi connectivity index (χ2n) is 7.43. The molecule has 0 N–H and O–H groups in total. The molecule has 2 aromatic rings. The molecular weight excluding hydrogens is 354 g/mol. The number of rotatable bonds is 5. The molecule has 0 spiro atoms. The summed E-state index contributed by atoms with van der Waals surface area (Å²) in [6.45, 7) is 5.18. The van der Waals surface area contributed by atoms with Crippen LogP contribution in [-0.4, -0.2) is 45.1 Å². The first-order valence-corrected chi connectivity index (χ1v) is 10.4. The number of aromatic nitrogens is 4. The molecule has 1 aliphatic carbocycles. The second kappa shape index (κ2) is 6.31. The summed E-state index contributed by atoms with van der Waals surface area (Å²) in [6.07, 6.45) is 6.00. The smallest absolute Gasteiger partial charge is 0.267 e. The normalized spacial score (nSPS) is 18.3. The summed E-state index contributed by atoms with van der Waals surface area (Å²) in [6, 6.07) is 1.84. The van der Waals surface area contributed by atoms with Gasteiger partial charge in [0, 0.05) is 37.3 Å². The Morgan fingerprint density at radius 2 is 2.04 bits per heavy atom. The molecule has 26 heavy (non-hydrogen) atoms. The van der Waals surface area contributed by atoms with Crippen molar-refractivity contribution in [2.45, 2.75) is 50.7 Å². The van der Waals surface area contributed by atoms with Crippen LogP contribution in [0.15, 0.2) is 28.4 Å². The molecule has 2 aromatic heterocycles. The largest absolute Gasteiger partial charge is 0.334 e. The van der Waals surface area contributed by atoms with Gasteiger partial charge in [-0.05, 0) is 38.7 Å². The Kier molecular flexibility index (Phi) is 4.23. The first-order valence-electron chi connectivity index (χ1n) is 8.98. The maximum atomic E-state index is 12.6. The van der Waals surface area contributed by atoms with E-state index < -0.39 is 10.0 Å². The molecule has 0 saturated carbocycles. The molecule has 0 radical (unpaired) electrons. The second-order valence-corrected chi connectivity index (χ2v) is 9.32. The number of imidazole rings is 1. The minimum Gasteiger partial charge on any atom is -0.334 e.